The van der Waals surface area contributed by atoms with E-state index in [1.54, 1.807) is 6.07 Å². The van der Waals surface area contributed by atoms with Gasteiger partial charge in [-0.15, -0.1) is 0 Å². The fraction of sp³-hybridized carbons (Fsp3) is 0.125. The van der Waals surface area contributed by atoms with Crippen LogP contribution in [0.4, 0.5) is 10.2 Å². The topological polar surface area (TPSA) is 37.8 Å². The molecule has 3 aromatic rings. The third-order valence-electron chi connectivity index (χ3n) is 3.23. The monoisotopic (exact) mass is 301 g/mol. The lowest BCUT2D eigenvalue weighted by molar-refractivity contribution is 0.636. The smallest absolute Gasteiger partial charge is 0.149 e. The van der Waals surface area contributed by atoms with Crippen molar-refractivity contribution in [3.05, 3.63) is 65.2 Å². The number of nitrogens with zero attached hydrogens (tertiary/aromatic N) is 2. The van der Waals surface area contributed by atoms with Crippen molar-refractivity contribution in [3.63, 3.8) is 0 Å². The largest absolute Gasteiger partial charge is 0.369 e. The van der Waals surface area contributed by atoms with Gasteiger partial charge in [-0.05, 0) is 36.2 Å². The van der Waals surface area contributed by atoms with Crippen LogP contribution in [0.15, 0.2) is 48.8 Å². The molecular formula is C16H13ClFN3. The van der Waals surface area contributed by atoms with Gasteiger partial charge in [0, 0.05) is 17.0 Å². The van der Waals surface area contributed by atoms with Crippen molar-refractivity contribution in [2.45, 2.75) is 6.42 Å². The Morgan fingerprint density at radius 2 is 1.86 bits per heavy atom. The maximum Gasteiger partial charge on any atom is 0.149 e. The summed E-state index contributed by atoms with van der Waals surface area (Å²) in [6.45, 7) is 0.699. The Labute approximate surface area is 126 Å². The van der Waals surface area contributed by atoms with Crippen molar-refractivity contribution in [1.29, 1.82) is 0 Å². The predicted octanol–water partition coefficient (Wildman–Crippen LogP) is 4.08. The SMILES string of the molecule is Fc1cccc2c(NCCc3ccc(Cl)cc3)ncnc12. The average molecular weight is 302 g/mol. The van der Waals surface area contributed by atoms with Gasteiger partial charge in [0.15, 0.2) is 0 Å². The molecule has 5 heteroatoms. The van der Waals surface area contributed by atoms with Gasteiger partial charge in [-0.25, -0.2) is 14.4 Å². The maximum atomic E-state index is 13.7. The zero-order valence-electron chi connectivity index (χ0n) is 11.2. The van der Waals surface area contributed by atoms with Crippen molar-refractivity contribution in [1.82, 2.24) is 9.97 Å². The molecule has 106 valence electrons. The summed E-state index contributed by atoms with van der Waals surface area (Å²) in [4.78, 5) is 8.16. The number of aromatic nitrogens is 2. The number of hydrogen-bond donors (Lipinski definition) is 1. The van der Waals surface area contributed by atoms with Crippen LogP contribution in [-0.2, 0) is 6.42 Å². The third kappa shape index (κ3) is 3.11. The van der Waals surface area contributed by atoms with Crippen LogP contribution in [0, 0.1) is 5.82 Å². The Morgan fingerprint density at radius 1 is 1.05 bits per heavy atom. The van der Waals surface area contributed by atoms with Crippen LogP contribution < -0.4 is 5.32 Å². The molecule has 0 spiro atoms. The second-order valence-electron chi connectivity index (χ2n) is 4.66. The Hall–Kier alpha value is -2.20. The molecule has 3 rings (SSSR count). The second-order valence-corrected chi connectivity index (χ2v) is 5.10. The summed E-state index contributed by atoms with van der Waals surface area (Å²) >= 11 is 5.85. The first kappa shape index (κ1) is 13.8. The lowest BCUT2D eigenvalue weighted by atomic mass is 10.1. The first-order chi connectivity index (χ1) is 10.2. The number of halogens is 2. The molecule has 1 aromatic heterocycles. The quantitative estimate of drug-likeness (QED) is 0.789. The van der Waals surface area contributed by atoms with Gasteiger partial charge in [-0.3, -0.25) is 0 Å². The first-order valence-electron chi connectivity index (χ1n) is 6.61. The van der Waals surface area contributed by atoms with Crippen LogP contribution in [0.25, 0.3) is 10.9 Å². The zero-order chi connectivity index (χ0) is 14.7. The van der Waals surface area contributed by atoms with E-state index < -0.39 is 0 Å². The summed E-state index contributed by atoms with van der Waals surface area (Å²) in [5.41, 5.74) is 1.51. The van der Waals surface area contributed by atoms with Crippen LogP contribution in [0.2, 0.25) is 5.02 Å². The van der Waals surface area contributed by atoms with E-state index in [-0.39, 0.29) is 5.82 Å². The second kappa shape index (κ2) is 6.06. The molecule has 0 aliphatic rings. The van der Waals surface area contributed by atoms with E-state index in [4.69, 9.17) is 11.6 Å². The minimum Gasteiger partial charge on any atom is -0.369 e. The van der Waals surface area contributed by atoms with Crippen molar-refractivity contribution < 1.29 is 4.39 Å². The molecular weight excluding hydrogens is 289 g/mol. The molecule has 0 atom stereocenters. The molecule has 0 saturated heterocycles. The molecule has 1 heterocycles. The van der Waals surface area contributed by atoms with Crippen LogP contribution in [0.1, 0.15) is 5.56 Å². The van der Waals surface area contributed by atoms with Gasteiger partial charge >= 0.3 is 0 Å². The fourth-order valence-electron chi connectivity index (χ4n) is 2.17. The number of nitrogens with one attached hydrogen (secondary N) is 1. The lowest BCUT2D eigenvalue weighted by Crippen LogP contribution is -2.07. The van der Waals surface area contributed by atoms with Crippen molar-refractivity contribution in [2.24, 2.45) is 0 Å². The highest BCUT2D eigenvalue weighted by Gasteiger charge is 2.06. The molecule has 0 bridgehead atoms. The summed E-state index contributed by atoms with van der Waals surface area (Å²) in [6, 6.07) is 12.6. The zero-order valence-corrected chi connectivity index (χ0v) is 11.9. The van der Waals surface area contributed by atoms with E-state index in [0.29, 0.717) is 23.3 Å². The summed E-state index contributed by atoms with van der Waals surface area (Å²) in [7, 11) is 0. The molecule has 1 N–H and O–H groups in total. The Kier molecular flexibility index (Phi) is 3.97. The fourth-order valence-corrected chi connectivity index (χ4v) is 2.29. The van der Waals surface area contributed by atoms with Gasteiger partial charge < -0.3 is 5.32 Å². The molecule has 0 aliphatic heterocycles. The number of fused-ring (bicyclic) bond motifs is 1. The molecule has 3 nitrogen and oxygen atoms in total. The normalized spacial score (nSPS) is 10.8. The van der Waals surface area contributed by atoms with Crippen molar-refractivity contribution in [2.75, 3.05) is 11.9 Å². The lowest BCUT2D eigenvalue weighted by Gasteiger charge is -2.08. The Bertz CT molecular complexity index is 759. The van der Waals surface area contributed by atoms with Crippen LogP contribution in [0.3, 0.4) is 0 Å². The minimum atomic E-state index is -0.337. The van der Waals surface area contributed by atoms with E-state index in [9.17, 15) is 4.39 Å². The van der Waals surface area contributed by atoms with Crippen molar-refractivity contribution >= 4 is 28.3 Å². The number of hydrogen-bond acceptors (Lipinski definition) is 3. The van der Waals surface area contributed by atoms with Gasteiger partial charge in [0.2, 0.25) is 0 Å². The van der Waals surface area contributed by atoms with Crippen molar-refractivity contribution in [3.8, 4) is 0 Å². The van der Waals surface area contributed by atoms with Gasteiger partial charge in [-0.2, -0.15) is 0 Å². The maximum absolute atomic E-state index is 13.7. The number of para-hydroxylation sites is 1. The van der Waals surface area contributed by atoms with Crippen LogP contribution in [-0.4, -0.2) is 16.5 Å². The molecule has 0 saturated carbocycles. The molecule has 0 fully saturated rings. The molecule has 0 unspecified atom stereocenters. The number of anilines is 1. The number of benzene rings is 2. The van der Waals surface area contributed by atoms with Gasteiger partial charge in [0.1, 0.15) is 23.5 Å². The highest BCUT2D eigenvalue weighted by Crippen LogP contribution is 2.21. The summed E-state index contributed by atoms with van der Waals surface area (Å²) in [6.07, 6.45) is 2.20. The van der Waals surface area contributed by atoms with E-state index in [2.05, 4.69) is 15.3 Å². The third-order valence-corrected chi connectivity index (χ3v) is 3.49. The van der Waals surface area contributed by atoms with E-state index in [1.807, 2.05) is 30.3 Å². The minimum absolute atomic E-state index is 0.335. The predicted molar refractivity (Wildman–Crippen MR) is 83.1 cm³/mol. The molecule has 21 heavy (non-hydrogen) atoms. The first-order valence-corrected chi connectivity index (χ1v) is 6.99. The van der Waals surface area contributed by atoms with Gasteiger partial charge in [0.05, 0.1) is 0 Å². The summed E-state index contributed by atoms with van der Waals surface area (Å²) in [5.74, 6) is 0.309. The van der Waals surface area contributed by atoms with E-state index in [0.717, 1.165) is 11.4 Å². The molecule has 2 aromatic carbocycles. The van der Waals surface area contributed by atoms with Gasteiger partial charge in [0.25, 0.3) is 0 Å². The molecule has 0 amide bonds. The summed E-state index contributed by atoms with van der Waals surface area (Å²) in [5, 5.41) is 4.64. The Morgan fingerprint density at radius 3 is 2.67 bits per heavy atom. The average Bonchev–Trinajstić information content (AvgIpc) is 2.50. The highest BCUT2D eigenvalue weighted by molar-refractivity contribution is 6.30. The van der Waals surface area contributed by atoms with Crippen LogP contribution >= 0.6 is 11.6 Å². The summed E-state index contributed by atoms with van der Waals surface area (Å²) < 4.78 is 13.7. The molecule has 0 aliphatic carbocycles. The molecule has 0 radical (unpaired) electrons. The van der Waals surface area contributed by atoms with E-state index in [1.165, 1.54) is 18.0 Å². The number of rotatable bonds is 4. The Balaban J connectivity index is 1.73. The van der Waals surface area contributed by atoms with Gasteiger partial charge in [-0.1, -0.05) is 29.8 Å². The van der Waals surface area contributed by atoms with E-state index >= 15 is 0 Å². The van der Waals surface area contributed by atoms with Crippen LogP contribution in [0.5, 0.6) is 0 Å². The standard InChI is InChI=1S/C16H13ClFN3/c17-12-6-4-11(5-7-12)8-9-19-16-13-2-1-3-14(18)15(13)20-10-21-16/h1-7,10H,8-9H2,(H,19,20,21). The highest BCUT2D eigenvalue weighted by atomic mass is 35.5.